The number of carboxylic acids is 1. The van der Waals surface area contributed by atoms with Crippen LogP contribution >= 0.6 is 0 Å². The Bertz CT molecular complexity index is 910. The third-order valence-corrected chi connectivity index (χ3v) is 7.17. The van der Waals surface area contributed by atoms with E-state index in [2.05, 4.69) is 29.6 Å². The molecule has 2 fully saturated rings. The van der Waals surface area contributed by atoms with Crippen molar-refractivity contribution in [2.75, 3.05) is 13.2 Å². The van der Waals surface area contributed by atoms with Gasteiger partial charge in [-0.3, -0.25) is 4.79 Å². The van der Waals surface area contributed by atoms with Gasteiger partial charge in [-0.15, -0.1) is 0 Å². The predicted octanol–water partition coefficient (Wildman–Crippen LogP) is 4.27. The van der Waals surface area contributed by atoms with Crippen LogP contribution in [0.4, 0.5) is 4.79 Å². The fourth-order valence-electron chi connectivity index (χ4n) is 5.81. The molecule has 150 valence electrons. The summed E-state index contributed by atoms with van der Waals surface area (Å²) in [5.41, 5.74) is 4.84. The highest BCUT2D eigenvalue weighted by atomic mass is 16.5. The minimum atomic E-state index is -0.666. The molecule has 5 heteroatoms. The fraction of sp³-hybridized carbons (Fsp3) is 0.417. The third kappa shape index (κ3) is 3.18. The average Bonchev–Trinajstić information content (AvgIpc) is 3.42. The van der Waals surface area contributed by atoms with Crippen LogP contribution in [0.2, 0.25) is 0 Å². The lowest BCUT2D eigenvalue weighted by Crippen LogP contribution is -2.34. The van der Waals surface area contributed by atoms with Crippen molar-refractivity contribution in [3.63, 3.8) is 0 Å². The average molecular weight is 391 g/mol. The Hall–Kier alpha value is -2.82. The van der Waals surface area contributed by atoms with E-state index >= 15 is 0 Å². The molecular weight excluding hydrogens is 366 g/mol. The molecule has 4 unspecified atom stereocenters. The van der Waals surface area contributed by atoms with Gasteiger partial charge < -0.3 is 15.2 Å². The molecule has 2 aromatic carbocycles. The lowest BCUT2D eigenvalue weighted by Gasteiger charge is -2.25. The van der Waals surface area contributed by atoms with Gasteiger partial charge in [0.25, 0.3) is 0 Å². The topological polar surface area (TPSA) is 75.6 Å². The number of hydrogen-bond donors (Lipinski definition) is 2. The second kappa shape index (κ2) is 7.21. The summed E-state index contributed by atoms with van der Waals surface area (Å²) in [7, 11) is 0. The predicted molar refractivity (Wildman–Crippen MR) is 109 cm³/mol. The van der Waals surface area contributed by atoms with E-state index in [0.717, 1.165) is 19.3 Å². The van der Waals surface area contributed by atoms with Crippen molar-refractivity contribution in [2.45, 2.75) is 25.2 Å². The number of fused-ring (bicyclic) bond motifs is 5. The van der Waals surface area contributed by atoms with Gasteiger partial charge in [0.2, 0.25) is 0 Å². The normalized spacial score (nSPS) is 26.8. The standard InChI is InChI=1S/C24H25NO4/c26-23(27)21-11-14-9-15(21)10-16(14)12-25-24(28)29-13-22-19-7-3-1-5-17(19)18-6-2-4-8-20(18)22/h1-8,14-16,21-22H,9-13H2,(H,25,28)(H,26,27). The zero-order valence-electron chi connectivity index (χ0n) is 16.2. The maximum absolute atomic E-state index is 12.3. The number of nitrogens with one attached hydrogen (secondary N) is 1. The monoisotopic (exact) mass is 391 g/mol. The number of carboxylic acid groups (broad SMARTS) is 1. The summed E-state index contributed by atoms with van der Waals surface area (Å²) in [5.74, 6) is 0.260. The molecule has 0 aliphatic heterocycles. The van der Waals surface area contributed by atoms with E-state index in [1.807, 2.05) is 24.3 Å². The molecule has 3 aliphatic rings. The van der Waals surface area contributed by atoms with Crippen molar-refractivity contribution in [3.8, 4) is 11.1 Å². The van der Waals surface area contributed by atoms with Crippen molar-refractivity contribution in [1.82, 2.24) is 5.32 Å². The molecule has 5 rings (SSSR count). The summed E-state index contributed by atoms with van der Waals surface area (Å²) >= 11 is 0. The number of aliphatic carboxylic acids is 1. The van der Waals surface area contributed by atoms with E-state index < -0.39 is 5.97 Å². The Morgan fingerprint density at radius 1 is 0.931 bits per heavy atom. The number of carbonyl (C=O) groups excluding carboxylic acids is 1. The molecule has 4 atom stereocenters. The van der Waals surface area contributed by atoms with Gasteiger partial charge in [0.15, 0.2) is 0 Å². The van der Waals surface area contributed by atoms with E-state index in [0.29, 0.717) is 25.0 Å². The molecule has 0 aromatic heterocycles. The number of alkyl carbamates (subject to hydrolysis) is 1. The molecule has 0 spiro atoms. The van der Waals surface area contributed by atoms with Crippen molar-refractivity contribution >= 4 is 12.1 Å². The zero-order valence-corrected chi connectivity index (χ0v) is 16.2. The van der Waals surface area contributed by atoms with Crippen LogP contribution in [0.25, 0.3) is 11.1 Å². The van der Waals surface area contributed by atoms with Gasteiger partial charge in [0, 0.05) is 12.5 Å². The fourth-order valence-corrected chi connectivity index (χ4v) is 5.81. The van der Waals surface area contributed by atoms with Gasteiger partial charge >= 0.3 is 12.1 Å². The van der Waals surface area contributed by atoms with Gasteiger partial charge in [-0.25, -0.2) is 4.79 Å². The first kappa shape index (κ1) is 18.2. The van der Waals surface area contributed by atoms with Crippen LogP contribution in [0.15, 0.2) is 48.5 Å². The van der Waals surface area contributed by atoms with E-state index in [4.69, 9.17) is 4.74 Å². The van der Waals surface area contributed by atoms with Crippen LogP contribution in [-0.4, -0.2) is 30.3 Å². The van der Waals surface area contributed by atoms with Crippen LogP contribution in [-0.2, 0) is 9.53 Å². The van der Waals surface area contributed by atoms with Crippen molar-refractivity contribution < 1.29 is 19.4 Å². The van der Waals surface area contributed by atoms with Gasteiger partial charge in [0.05, 0.1) is 5.92 Å². The number of ether oxygens (including phenoxy) is 1. The Morgan fingerprint density at radius 2 is 1.59 bits per heavy atom. The summed E-state index contributed by atoms with van der Waals surface area (Å²) in [4.78, 5) is 23.6. The Labute approximate surface area is 170 Å². The molecule has 2 N–H and O–H groups in total. The Morgan fingerprint density at radius 3 is 2.17 bits per heavy atom. The summed E-state index contributed by atoms with van der Waals surface area (Å²) in [5, 5.41) is 12.2. The summed E-state index contributed by atoms with van der Waals surface area (Å²) < 4.78 is 5.59. The number of hydrogen-bond acceptors (Lipinski definition) is 3. The Balaban J connectivity index is 1.17. The van der Waals surface area contributed by atoms with Crippen LogP contribution in [0, 0.1) is 23.7 Å². The molecule has 2 aromatic rings. The largest absolute Gasteiger partial charge is 0.481 e. The maximum atomic E-state index is 12.3. The first-order valence-electron chi connectivity index (χ1n) is 10.4. The second-order valence-corrected chi connectivity index (χ2v) is 8.64. The van der Waals surface area contributed by atoms with Gasteiger partial charge in [-0.1, -0.05) is 48.5 Å². The first-order valence-corrected chi connectivity index (χ1v) is 10.4. The highest BCUT2D eigenvalue weighted by Crippen LogP contribution is 2.51. The minimum Gasteiger partial charge on any atom is -0.481 e. The number of amides is 1. The molecule has 0 radical (unpaired) electrons. The summed E-state index contributed by atoms with van der Waals surface area (Å²) in [6, 6.07) is 16.6. The molecule has 1 amide bonds. The van der Waals surface area contributed by atoms with E-state index in [1.165, 1.54) is 22.3 Å². The van der Waals surface area contributed by atoms with Gasteiger partial charge in [0.1, 0.15) is 6.61 Å². The smallest absolute Gasteiger partial charge is 0.407 e. The third-order valence-electron chi connectivity index (χ3n) is 7.17. The lowest BCUT2D eigenvalue weighted by molar-refractivity contribution is -0.143. The molecule has 0 saturated heterocycles. The molecule has 0 heterocycles. The summed E-state index contributed by atoms with van der Waals surface area (Å²) in [6.07, 6.45) is 2.24. The van der Waals surface area contributed by atoms with Crippen LogP contribution in [0.1, 0.15) is 36.3 Å². The van der Waals surface area contributed by atoms with Crippen LogP contribution < -0.4 is 5.32 Å². The van der Waals surface area contributed by atoms with Crippen LogP contribution in [0.5, 0.6) is 0 Å². The molecule has 29 heavy (non-hydrogen) atoms. The quantitative estimate of drug-likeness (QED) is 0.798. The Kier molecular flexibility index (Phi) is 4.53. The summed E-state index contributed by atoms with van der Waals surface area (Å²) in [6.45, 7) is 0.891. The van der Waals surface area contributed by atoms with E-state index in [1.54, 1.807) is 0 Å². The van der Waals surface area contributed by atoms with Crippen LogP contribution in [0.3, 0.4) is 0 Å². The van der Waals surface area contributed by atoms with E-state index in [-0.39, 0.29) is 23.8 Å². The first-order chi connectivity index (χ1) is 14.1. The number of carbonyl (C=O) groups is 2. The highest BCUT2D eigenvalue weighted by molar-refractivity contribution is 5.79. The zero-order chi connectivity index (χ0) is 20.0. The number of benzene rings is 2. The molecule has 2 saturated carbocycles. The maximum Gasteiger partial charge on any atom is 0.407 e. The highest BCUT2D eigenvalue weighted by Gasteiger charge is 2.48. The lowest BCUT2D eigenvalue weighted by atomic mass is 9.82. The molecule has 2 bridgehead atoms. The van der Waals surface area contributed by atoms with Crippen molar-refractivity contribution in [3.05, 3.63) is 59.7 Å². The van der Waals surface area contributed by atoms with Crippen molar-refractivity contribution in [1.29, 1.82) is 0 Å². The second-order valence-electron chi connectivity index (χ2n) is 8.64. The number of rotatable bonds is 5. The molecular formula is C24H25NO4. The van der Waals surface area contributed by atoms with Gasteiger partial charge in [-0.2, -0.15) is 0 Å². The van der Waals surface area contributed by atoms with E-state index in [9.17, 15) is 14.7 Å². The molecule has 5 nitrogen and oxygen atoms in total. The SMILES string of the molecule is O=C(NCC1CC2CC1CC2C(=O)O)OCC1c2ccccc2-c2ccccc21. The minimum absolute atomic E-state index is 0.0620. The van der Waals surface area contributed by atoms with Gasteiger partial charge in [-0.05, 0) is 59.3 Å². The molecule has 3 aliphatic carbocycles. The van der Waals surface area contributed by atoms with Crippen molar-refractivity contribution in [2.24, 2.45) is 23.7 Å².